The normalized spacial score (nSPS) is 28.6. The maximum absolute atomic E-state index is 12.5. The van der Waals surface area contributed by atoms with Crippen LogP contribution >= 0.6 is 0 Å². The minimum absolute atomic E-state index is 0.0842. The molecular weight excluding hydrogens is 354 g/mol. The second kappa shape index (κ2) is 8.95. The molecule has 0 spiro atoms. The van der Waals surface area contributed by atoms with Crippen LogP contribution in [0.25, 0.3) is 0 Å². The van der Waals surface area contributed by atoms with E-state index >= 15 is 0 Å². The highest BCUT2D eigenvalue weighted by Crippen LogP contribution is 2.31. The quantitative estimate of drug-likeness (QED) is 0.817. The number of carbonyl (C=O) groups excluding carboxylic acids is 2. The third kappa shape index (κ3) is 4.66. The Balaban J connectivity index is 1.24. The predicted molar refractivity (Wildman–Crippen MR) is 107 cm³/mol. The van der Waals surface area contributed by atoms with E-state index in [0.717, 1.165) is 31.4 Å². The number of piperidine rings is 1. The maximum Gasteiger partial charge on any atom is 0.251 e. The number of carbonyl (C=O) groups is 2. The summed E-state index contributed by atoms with van der Waals surface area (Å²) >= 11 is 0. The van der Waals surface area contributed by atoms with Crippen LogP contribution < -0.4 is 15.4 Å². The first-order valence-electron chi connectivity index (χ1n) is 10.8. The van der Waals surface area contributed by atoms with Gasteiger partial charge in [-0.25, -0.2) is 0 Å². The first kappa shape index (κ1) is 19.2. The summed E-state index contributed by atoms with van der Waals surface area (Å²) in [5.74, 6) is 0.521. The van der Waals surface area contributed by atoms with Crippen LogP contribution in [0, 0.1) is 0 Å². The molecule has 1 saturated carbocycles. The molecule has 0 aromatic heterocycles. The Morgan fingerprint density at radius 1 is 1.04 bits per heavy atom. The molecule has 4 rings (SSSR count). The van der Waals surface area contributed by atoms with Crippen molar-refractivity contribution < 1.29 is 14.3 Å². The molecule has 0 bridgehead atoms. The van der Waals surface area contributed by atoms with Crippen LogP contribution in [0.2, 0.25) is 0 Å². The highest BCUT2D eigenvalue weighted by atomic mass is 16.5. The van der Waals surface area contributed by atoms with Crippen LogP contribution in [0.5, 0.6) is 5.75 Å². The number of nitrogens with zero attached hydrogens (tertiary/aromatic N) is 1. The fraction of sp³-hybridized carbons (Fsp3) is 0.636. The molecule has 2 saturated heterocycles. The van der Waals surface area contributed by atoms with Crippen LogP contribution in [0.3, 0.4) is 0 Å². The SMILES string of the molecule is O=C(NC1CCCCNC1=O)c1ccc(OC2CC(N3CCCCC3)C2)cc1. The van der Waals surface area contributed by atoms with E-state index in [4.69, 9.17) is 4.74 Å². The Morgan fingerprint density at radius 2 is 1.79 bits per heavy atom. The van der Waals surface area contributed by atoms with Crippen LogP contribution in [-0.4, -0.2) is 54.5 Å². The summed E-state index contributed by atoms with van der Waals surface area (Å²) in [6.45, 7) is 3.16. The van der Waals surface area contributed by atoms with E-state index in [1.165, 1.54) is 32.4 Å². The molecule has 6 nitrogen and oxygen atoms in total. The van der Waals surface area contributed by atoms with Crippen LogP contribution in [0.1, 0.15) is 61.7 Å². The molecule has 1 aromatic rings. The molecule has 152 valence electrons. The largest absolute Gasteiger partial charge is 0.490 e. The molecule has 3 aliphatic rings. The van der Waals surface area contributed by atoms with Gasteiger partial charge in [-0.15, -0.1) is 0 Å². The number of ether oxygens (including phenoxy) is 1. The molecule has 3 fully saturated rings. The van der Waals surface area contributed by atoms with Crippen molar-refractivity contribution in [2.24, 2.45) is 0 Å². The van der Waals surface area contributed by atoms with Gasteiger partial charge >= 0.3 is 0 Å². The minimum Gasteiger partial charge on any atom is -0.490 e. The predicted octanol–water partition coefficient (Wildman–Crippen LogP) is 2.48. The van der Waals surface area contributed by atoms with Gasteiger partial charge in [0.05, 0.1) is 0 Å². The molecule has 2 amide bonds. The average molecular weight is 386 g/mol. The van der Waals surface area contributed by atoms with Crippen molar-refractivity contribution in [2.45, 2.75) is 69.6 Å². The topological polar surface area (TPSA) is 70.7 Å². The van der Waals surface area contributed by atoms with Gasteiger partial charge in [0, 0.05) is 31.0 Å². The smallest absolute Gasteiger partial charge is 0.251 e. The molecule has 1 atom stereocenters. The van der Waals surface area contributed by atoms with Gasteiger partial charge in [0.25, 0.3) is 5.91 Å². The van der Waals surface area contributed by atoms with E-state index in [2.05, 4.69) is 15.5 Å². The van der Waals surface area contributed by atoms with E-state index in [-0.39, 0.29) is 17.9 Å². The van der Waals surface area contributed by atoms with E-state index in [1.807, 2.05) is 12.1 Å². The first-order chi connectivity index (χ1) is 13.7. The summed E-state index contributed by atoms with van der Waals surface area (Å²) in [5, 5.41) is 5.70. The highest BCUT2D eigenvalue weighted by Gasteiger charge is 2.35. The lowest BCUT2D eigenvalue weighted by Gasteiger charge is -2.44. The van der Waals surface area contributed by atoms with Crippen LogP contribution in [-0.2, 0) is 4.79 Å². The summed E-state index contributed by atoms with van der Waals surface area (Å²) in [6.07, 6.45) is 9.09. The van der Waals surface area contributed by atoms with Gasteiger partial charge in [-0.05, 0) is 69.5 Å². The number of amides is 2. The number of benzene rings is 1. The average Bonchev–Trinajstić information content (AvgIpc) is 2.90. The Kier molecular flexibility index (Phi) is 6.15. The summed E-state index contributed by atoms with van der Waals surface area (Å²) in [5.41, 5.74) is 0.559. The van der Waals surface area contributed by atoms with Crippen molar-refractivity contribution >= 4 is 11.8 Å². The second-order valence-corrected chi connectivity index (χ2v) is 8.30. The van der Waals surface area contributed by atoms with Gasteiger partial charge in [-0.3, -0.25) is 9.59 Å². The van der Waals surface area contributed by atoms with Crippen molar-refractivity contribution in [3.05, 3.63) is 29.8 Å². The molecule has 6 heteroatoms. The van der Waals surface area contributed by atoms with Crippen molar-refractivity contribution in [2.75, 3.05) is 19.6 Å². The minimum atomic E-state index is -0.437. The van der Waals surface area contributed by atoms with E-state index in [9.17, 15) is 9.59 Å². The monoisotopic (exact) mass is 385 g/mol. The van der Waals surface area contributed by atoms with Crippen LogP contribution in [0.15, 0.2) is 24.3 Å². The second-order valence-electron chi connectivity index (χ2n) is 8.30. The maximum atomic E-state index is 12.5. The molecule has 1 unspecified atom stereocenters. The third-order valence-corrected chi connectivity index (χ3v) is 6.24. The Morgan fingerprint density at radius 3 is 2.54 bits per heavy atom. The van der Waals surface area contributed by atoms with Gasteiger partial charge in [-0.1, -0.05) is 6.42 Å². The number of rotatable bonds is 5. The van der Waals surface area contributed by atoms with Crippen molar-refractivity contribution in [1.29, 1.82) is 0 Å². The summed E-state index contributed by atoms with van der Waals surface area (Å²) < 4.78 is 6.07. The van der Waals surface area contributed by atoms with Crippen molar-refractivity contribution in [3.63, 3.8) is 0 Å². The molecule has 2 aliphatic heterocycles. The summed E-state index contributed by atoms with van der Waals surface area (Å²) in [7, 11) is 0. The zero-order chi connectivity index (χ0) is 19.3. The zero-order valence-corrected chi connectivity index (χ0v) is 16.5. The molecule has 2 N–H and O–H groups in total. The molecular formula is C22H31N3O3. The molecule has 1 aliphatic carbocycles. The van der Waals surface area contributed by atoms with E-state index in [0.29, 0.717) is 24.6 Å². The Labute approximate surface area is 167 Å². The number of hydrogen-bond donors (Lipinski definition) is 2. The summed E-state index contributed by atoms with van der Waals surface area (Å²) in [4.78, 5) is 27.1. The molecule has 28 heavy (non-hydrogen) atoms. The Bertz CT molecular complexity index is 679. The van der Waals surface area contributed by atoms with Gasteiger partial charge in [0.2, 0.25) is 5.91 Å². The zero-order valence-electron chi connectivity index (χ0n) is 16.5. The lowest BCUT2D eigenvalue weighted by molar-refractivity contribution is -0.122. The molecule has 2 heterocycles. The highest BCUT2D eigenvalue weighted by molar-refractivity contribution is 5.97. The standard InChI is InChI=1S/C22H31N3O3/c26-21(24-20-6-2-3-11-23-22(20)27)16-7-9-18(10-8-16)28-19-14-17(15-19)25-12-4-1-5-13-25/h7-10,17,19-20H,1-6,11-15H2,(H,23,27)(H,24,26). The third-order valence-electron chi connectivity index (χ3n) is 6.24. The fourth-order valence-electron chi connectivity index (χ4n) is 4.41. The fourth-order valence-corrected chi connectivity index (χ4v) is 4.41. The van der Waals surface area contributed by atoms with Crippen LogP contribution in [0.4, 0.5) is 0 Å². The van der Waals surface area contributed by atoms with E-state index < -0.39 is 6.04 Å². The Hall–Kier alpha value is -2.08. The molecule has 1 aromatic carbocycles. The van der Waals surface area contributed by atoms with Gasteiger partial charge in [0.15, 0.2) is 0 Å². The first-order valence-corrected chi connectivity index (χ1v) is 10.8. The van der Waals surface area contributed by atoms with Gasteiger partial charge in [-0.2, -0.15) is 0 Å². The molecule has 0 radical (unpaired) electrons. The van der Waals surface area contributed by atoms with Gasteiger partial charge in [0.1, 0.15) is 17.9 Å². The lowest BCUT2D eigenvalue weighted by atomic mass is 9.86. The van der Waals surface area contributed by atoms with Crippen molar-refractivity contribution in [3.8, 4) is 5.75 Å². The number of likely N-dealkylation sites (tertiary alicyclic amines) is 1. The number of nitrogens with one attached hydrogen (secondary N) is 2. The number of hydrogen-bond acceptors (Lipinski definition) is 4. The summed E-state index contributed by atoms with van der Waals surface area (Å²) in [6, 6.07) is 7.51. The van der Waals surface area contributed by atoms with Crippen molar-refractivity contribution in [1.82, 2.24) is 15.5 Å². The van der Waals surface area contributed by atoms with E-state index in [1.54, 1.807) is 12.1 Å². The van der Waals surface area contributed by atoms with Gasteiger partial charge < -0.3 is 20.3 Å². The lowest BCUT2D eigenvalue weighted by Crippen LogP contribution is -2.50.